The maximum Gasteiger partial charge on any atom is 0.341 e. The molecule has 0 fully saturated rings. The standard InChI is InChI=1S/C20H16ClN3O4S/c21-16(10-13-6-8-15(9-7-13)28-12-17(25)26)19-23-24-20(29-19)18(27)22-11-14-4-2-1-3-5-14/h1-10H,11-12H2,(H,22,27)(H,25,26). The lowest BCUT2D eigenvalue weighted by molar-refractivity contribution is -0.139. The summed E-state index contributed by atoms with van der Waals surface area (Å²) in [6, 6.07) is 16.3. The minimum absolute atomic E-state index is 0.222. The summed E-state index contributed by atoms with van der Waals surface area (Å²) in [6.07, 6.45) is 1.68. The number of benzene rings is 2. The zero-order valence-electron chi connectivity index (χ0n) is 15.0. The summed E-state index contributed by atoms with van der Waals surface area (Å²) in [5, 5.41) is 20.3. The summed E-state index contributed by atoms with van der Waals surface area (Å²) >= 11 is 7.40. The Labute approximate surface area is 175 Å². The number of hydrogen-bond donors (Lipinski definition) is 2. The van der Waals surface area contributed by atoms with Crippen LogP contribution in [-0.4, -0.2) is 33.8 Å². The molecule has 148 valence electrons. The molecule has 0 saturated carbocycles. The number of nitrogens with one attached hydrogen (secondary N) is 1. The van der Waals surface area contributed by atoms with Crippen molar-refractivity contribution in [3.8, 4) is 5.75 Å². The number of rotatable bonds is 8. The van der Waals surface area contributed by atoms with Crippen LogP contribution in [0, 0.1) is 0 Å². The maximum atomic E-state index is 12.2. The Bertz CT molecular complexity index is 1020. The van der Waals surface area contributed by atoms with E-state index >= 15 is 0 Å². The van der Waals surface area contributed by atoms with Gasteiger partial charge in [0.15, 0.2) is 11.6 Å². The first-order valence-electron chi connectivity index (χ1n) is 8.49. The maximum absolute atomic E-state index is 12.2. The minimum Gasteiger partial charge on any atom is -0.482 e. The van der Waals surface area contributed by atoms with Gasteiger partial charge in [0.2, 0.25) is 5.01 Å². The molecular weight excluding hydrogens is 414 g/mol. The van der Waals surface area contributed by atoms with Crippen molar-refractivity contribution in [3.05, 3.63) is 75.7 Å². The first kappa shape index (κ1) is 20.5. The van der Waals surface area contributed by atoms with Crippen molar-refractivity contribution in [3.63, 3.8) is 0 Å². The zero-order chi connectivity index (χ0) is 20.6. The molecule has 3 aromatic rings. The van der Waals surface area contributed by atoms with Gasteiger partial charge in [-0.3, -0.25) is 4.79 Å². The number of carboxylic acid groups (broad SMARTS) is 1. The number of aromatic nitrogens is 2. The lowest BCUT2D eigenvalue weighted by Crippen LogP contribution is -2.22. The average Bonchev–Trinajstić information content (AvgIpc) is 3.23. The number of aliphatic carboxylic acids is 1. The second-order valence-corrected chi connectivity index (χ2v) is 7.21. The molecule has 0 aliphatic rings. The number of amides is 1. The molecule has 0 aliphatic heterocycles. The van der Waals surface area contributed by atoms with Gasteiger partial charge in [-0.15, -0.1) is 10.2 Å². The van der Waals surface area contributed by atoms with Crippen LogP contribution >= 0.6 is 22.9 Å². The minimum atomic E-state index is -1.04. The molecule has 1 amide bonds. The number of carbonyl (C=O) groups excluding carboxylic acids is 1. The van der Waals surface area contributed by atoms with Gasteiger partial charge < -0.3 is 15.2 Å². The van der Waals surface area contributed by atoms with Crippen LogP contribution in [0.15, 0.2) is 54.6 Å². The van der Waals surface area contributed by atoms with E-state index in [1.807, 2.05) is 30.3 Å². The third kappa shape index (κ3) is 6.13. The van der Waals surface area contributed by atoms with E-state index in [1.54, 1.807) is 30.3 Å². The molecule has 7 nitrogen and oxygen atoms in total. The SMILES string of the molecule is O=C(O)COc1ccc(C=C(Cl)c2nnc(C(=O)NCc3ccccc3)s2)cc1. The average molecular weight is 430 g/mol. The van der Waals surface area contributed by atoms with E-state index in [9.17, 15) is 9.59 Å². The molecular formula is C20H16ClN3O4S. The van der Waals surface area contributed by atoms with E-state index in [1.165, 1.54) is 0 Å². The van der Waals surface area contributed by atoms with Gasteiger partial charge in [0.05, 0.1) is 5.03 Å². The highest BCUT2D eigenvalue weighted by atomic mass is 35.5. The van der Waals surface area contributed by atoms with Crippen molar-refractivity contribution >= 4 is 45.9 Å². The smallest absolute Gasteiger partial charge is 0.341 e. The molecule has 0 atom stereocenters. The van der Waals surface area contributed by atoms with Gasteiger partial charge in [-0.2, -0.15) is 0 Å². The molecule has 0 saturated heterocycles. The summed E-state index contributed by atoms with van der Waals surface area (Å²) in [5.41, 5.74) is 1.75. The molecule has 1 aromatic heterocycles. The highest BCUT2D eigenvalue weighted by molar-refractivity contribution is 7.15. The molecule has 0 spiro atoms. The Kier molecular flexibility index (Phi) is 6.94. The van der Waals surface area contributed by atoms with Crippen LogP contribution < -0.4 is 10.1 Å². The van der Waals surface area contributed by atoms with Crippen LogP contribution in [0.4, 0.5) is 0 Å². The van der Waals surface area contributed by atoms with Gasteiger partial charge in [0, 0.05) is 6.54 Å². The van der Waals surface area contributed by atoms with Gasteiger partial charge in [-0.05, 0) is 29.3 Å². The third-order valence-corrected chi connectivity index (χ3v) is 5.01. The number of hydrogen-bond acceptors (Lipinski definition) is 6. The molecule has 2 N–H and O–H groups in total. The summed E-state index contributed by atoms with van der Waals surface area (Å²) in [6.45, 7) is -0.00963. The quantitative estimate of drug-likeness (QED) is 0.566. The number of carbonyl (C=O) groups is 2. The fourth-order valence-corrected chi connectivity index (χ4v) is 3.23. The number of carboxylic acids is 1. The van der Waals surface area contributed by atoms with Gasteiger partial charge in [-0.25, -0.2) is 4.79 Å². The van der Waals surface area contributed by atoms with Crippen LogP contribution in [0.3, 0.4) is 0 Å². The summed E-state index contributed by atoms with van der Waals surface area (Å²) in [7, 11) is 0. The van der Waals surface area contributed by atoms with E-state index < -0.39 is 12.6 Å². The zero-order valence-corrected chi connectivity index (χ0v) is 16.6. The first-order chi connectivity index (χ1) is 14.0. The van der Waals surface area contributed by atoms with Gasteiger partial charge in [0.1, 0.15) is 5.75 Å². The van der Waals surface area contributed by atoms with E-state index in [2.05, 4.69) is 15.5 Å². The Hall–Kier alpha value is -3.23. The van der Waals surface area contributed by atoms with Crippen LogP contribution in [0.5, 0.6) is 5.75 Å². The lowest BCUT2D eigenvalue weighted by Gasteiger charge is -2.03. The van der Waals surface area contributed by atoms with Crippen molar-refractivity contribution in [2.45, 2.75) is 6.54 Å². The van der Waals surface area contributed by atoms with Crippen molar-refractivity contribution in [1.29, 1.82) is 0 Å². The van der Waals surface area contributed by atoms with Crippen LogP contribution in [0.1, 0.15) is 25.9 Å². The van der Waals surface area contributed by atoms with Crippen LogP contribution in [-0.2, 0) is 11.3 Å². The number of ether oxygens (including phenoxy) is 1. The predicted octanol–water partition coefficient (Wildman–Crippen LogP) is 3.67. The van der Waals surface area contributed by atoms with Crippen LogP contribution in [0.2, 0.25) is 0 Å². The van der Waals surface area contributed by atoms with Gasteiger partial charge >= 0.3 is 5.97 Å². The van der Waals surface area contributed by atoms with Gasteiger partial charge in [-0.1, -0.05) is 65.4 Å². The van der Waals surface area contributed by atoms with Crippen molar-refractivity contribution in [2.24, 2.45) is 0 Å². The molecule has 1 heterocycles. The second-order valence-electron chi connectivity index (χ2n) is 5.82. The molecule has 3 rings (SSSR count). The monoisotopic (exact) mass is 429 g/mol. The van der Waals surface area contributed by atoms with Crippen molar-refractivity contribution < 1.29 is 19.4 Å². The Morgan fingerprint density at radius 1 is 1.07 bits per heavy atom. The molecule has 0 radical (unpaired) electrons. The van der Waals surface area contributed by atoms with Crippen molar-refractivity contribution in [2.75, 3.05) is 6.61 Å². The highest BCUT2D eigenvalue weighted by Gasteiger charge is 2.14. The number of halogens is 1. The summed E-state index contributed by atoms with van der Waals surface area (Å²) < 4.78 is 5.08. The van der Waals surface area contributed by atoms with Gasteiger partial charge in [0.25, 0.3) is 5.91 Å². The topological polar surface area (TPSA) is 101 Å². The normalized spacial score (nSPS) is 11.1. The Morgan fingerprint density at radius 3 is 2.45 bits per heavy atom. The first-order valence-corrected chi connectivity index (χ1v) is 9.68. The predicted molar refractivity (Wildman–Crippen MR) is 111 cm³/mol. The molecule has 29 heavy (non-hydrogen) atoms. The molecule has 2 aromatic carbocycles. The molecule has 9 heteroatoms. The lowest BCUT2D eigenvalue weighted by atomic mass is 10.2. The summed E-state index contributed by atoms with van der Waals surface area (Å²) in [4.78, 5) is 22.8. The Balaban J connectivity index is 1.61. The van der Waals surface area contributed by atoms with E-state index in [4.69, 9.17) is 21.4 Å². The fourth-order valence-electron chi connectivity index (χ4n) is 2.28. The second kappa shape index (κ2) is 9.81. The fraction of sp³-hybridized carbons (Fsp3) is 0.100. The molecule has 0 unspecified atom stereocenters. The largest absolute Gasteiger partial charge is 0.482 e. The number of nitrogens with zero attached hydrogens (tertiary/aromatic N) is 2. The molecule has 0 aliphatic carbocycles. The third-order valence-electron chi connectivity index (χ3n) is 3.66. The van der Waals surface area contributed by atoms with E-state index in [0.29, 0.717) is 22.3 Å². The van der Waals surface area contributed by atoms with Crippen LogP contribution in [0.25, 0.3) is 11.1 Å². The molecule has 0 bridgehead atoms. The highest BCUT2D eigenvalue weighted by Crippen LogP contribution is 2.26. The van der Waals surface area contributed by atoms with E-state index in [-0.39, 0.29) is 10.9 Å². The van der Waals surface area contributed by atoms with Crippen molar-refractivity contribution in [1.82, 2.24) is 15.5 Å². The summed E-state index contributed by atoms with van der Waals surface area (Å²) in [5.74, 6) is -0.923. The van der Waals surface area contributed by atoms with E-state index in [0.717, 1.165) is 22.5 Å². The Morgan fingerprint density at radius 2 is 1.76 bits per heavy atom.